The van der Waals surface area contributed by atoms with Crippen LogP contribution < -0.4 is 11.1 Å². The van der Waals surface area contributed by atoms with E-state index in [2.05, 4.69) is 36.2 Å². The molecule has 0 aliphatic carbocycles. The highest BCUT2D eigenvalue weighted by molar-refractivity contribution is 9.10. The normalized spacial score (nSPS) is 11.2. The number of carbonyl (C=O) groups is 1. The first-order valence-corrected chi connectivity index (χ1v) is 8.44. The number of nitrogens with one attached hydrogen (secondary N) is 1. The molecule has 0 saturated heterocycles. The summed E-state index contributed by atoms with van der Waals surface area (Å²) in [6, 6.07) is 9.97. The number of amides is 1. The molecule has 130 valence electrons. The van der Waals surface area contributed by atoms with Crippen molar-refractivity contribution < 1.29 is 9.18 Å². The molecule has 0 fully saturated rings. The minimum absolute atomic E-state index is 0.0535. The Kier molecular flexibility index (Phi) is 4.00. The van der Waals surface area contributed by atoms with E-state index in [4.69, 9.17) is 5.73 Å². The molecule has 9 heteroatoms. The van der Waals surface area contributed by atoms with Crippen molar-refractivity contribution in [1.82, 2.24) is 24.7 Å². The minimum Gasteiger partial charge on any atom is -0.369 e. The van der Waals surface area contributed by atoms with Crippen molar-refractivity contribution in [3.63, 3.8) is 0 Å². The average molecular weight is 415 g/mol. The Morgan fingerprint density at radius 3 is 2.81 bits per heavy atom. The van der Waals surface area contributed by atoms with Gasteiger partial charge in [0.25, 0.3) is 5.91 Å². The maximum absolute atomic E-state index is 14.0. The van der Waals surface area contributed by atoms with Crippen LogP contribution >= 0.6 is 15.9 Å². The van der Waals surface area contributed by atoms with Gasteiger partial charge in [0.1, 0.15) is 27.3 Å². The summed E-state index contributed by atoms with van der Waals surface area (Å²) >= 11 is 3.28. The fraction of sp³-hybridized carbons (Fsp3) is 0.0588. The smallest absolute Gasteiger partial charge is 0.271 e. The zero-order valence-electron chi connectivity index (χ0n) is 13.3. The SMILES string of the molecule is Nc1nc2c(F)cccc2c2nc(C(=O)NCc3cccc(Br)n3)cn12. The van der Waals surface area contributed by atoms with Gasteiger partial charge in [0, 0.05) is 11.6 Å². The number of halogens is 2. The van der Waals surface area contributed by atoms with Crippen molar-refractivity contribution in [2.24, 2.45) is 0 Å². The first-order chi connectivity index (χ1) is 12.5. The van der Waals surface area contributed by atoms with Crippen LogP contribution in [0, 0.1) is 5.82 Å². The number of nitrogen functional groups attached to an aromatic ring is 1. The van der Waals surface area contributed by atoms with Crippen LogP contribution in [0.2, 0.25) is 0 Å². The van der Waals surface area contributed by atoms with Crippen molar-refractivity contribution >= 4 is 44.3 Å². The van der Waals surface area contributed by atoms with Gasteiger partial charge >= 0.3 is 0 Å². The minimum atomic E-state index is -0.494. The van der Waals surface area contributed by atoms with Gasteiger partial charge in [-0.15, -0.1) is 0 Å². The Bertz CT molecular complexity index is 1160. The second-order valence-corrected chi connectivity index (χ2v) is 6.37. The van der Waals surface area contributed by atoms with Crippen molar-refractivity contribution in [1.29, 1.82) is 0 Å². The van der Waals surface area contributed by atoms with E-state index in [1.54, 1.807) is 24.3 Å². The van der Waals surface area contributed by atoms with Gasteiger partial charge < -0.3 is 11.1 Å². The van der Waals surface area contributed by atoms with Gasteiger partial charge in [0.15, 0.2) is 0 Å². The number of benzene rings is 1. The van der Waals surface area contributed by atoms with Crippen LogP contribution in [0.5, 0.6) is 0 Å². The second-order valence-electron chi connectivity index (χ2n) is 5.56. The third-order valence-corrected chi connectivity index (χ3v) is 4.28. The van der Waals surface area contributed by atoms with Gasteiger partial charge in [-0.2, -0.15) is 0 Å². The molecule has 1 aromatic carbocycles. The Morgan fingerprint density at radius 2 is 2.00 bits per heavy atom. The molecule has 3 N–H and O–H groups in total. The number of carbonyl (C=O) groups excluding carboxylic acids is 1. The molecule has 0 radical (unpaired) electrons. The summed E-state index contributed by atoms with van der Waals surface area (Å²) in [7, 11) is 0. The Balaban J connectivity index is 1.68. The van der Waals surface area contributed by atoms with Gasteiger partial charge in [0.2, 0.25) is 5.95 Å². The number of nitrogens with zero attached hydrogens (tertiary/aromatic N) is 4. The lowest BCUT2D eigenvalue weighted by atomic mass is 10.2. The highest BCUT2D eigenvalue weighted by atomic mass is 79.9. The van der Waals surface area contributed by atoms with Crippen LogP contribution in [0.15, 0.2) is 47.2 Å². The molecule has 0 spiro atoms. The summed E-state index contributed by atoms with van der Waals surface area (Å²) in [6.45, 7) is 0.245. The fourth-order valence-corrected chi connectivity index (χ4v) is 3.02. The van der Waals surface area contributed by atoms with Crippen LogP contribution in [0.4, 0.5) is 10.3 Å². The number of hydrogen-bond acceptors (Lipinski definition) is 5. The molecule has 7 nitrogen and oxygen atoms in total. The summed E-state index contributed by atoms with van der Waals surface area (Å²) in [5.41, 5.74) is 7.23. The van der Waals surface area contributed by atoms with Crippen LogP contribution in [0.1, 0.15) is 16.2 Å². The molecule has 3 heterocycles. The molecule has 0 aliphatic heterocycles. The van der Waals surface area contributed by atoms with Crippen LogP contribution in [0.3, 0.4) is 0 Å². The summed E-state index contributed by atoms with van der Waals surface area (Å²) in [5, 5.41) is 3.23. The quantitative estimate of drug-likeness (QED) is 0.502. The molecule has 0 saturated carbocycles. The number of anilines is 1. The van der Waals surface area contributed by atoms with Crippen molar-refractivity contribution in [2.75, 3.05) is 5.73 Å². The second kappa shape index (κ2) is 6.34. The molecule has 0 bridgehead atoms. The fourth-order valence-electron chi connectivity index (χ4n) is 2.64. The van der Waals surface area contributed by atoms with E-state index in [1.165, 1.54) is 16.7 Å². The maximum Gasteiger partial charge on any atom is 0.271 e. The molecule has 3 aromatic heterocycles. The highest BCUT2D eigenvalue weighted by Gasteiger charge is 2.16. The van der Waals surface area contributed by atoms with Gasteiger partial charge in [-0.1, -0.05) is 12.1 Å². The van der Waals surface area contributed by atoms with E-state index in [0.29, 0.717) is 21.3 Å². The lowest BCUT2D eigenvalue weighted by molar-refractivity contribution is 0.0946. The molecule has 0 unspecified atom stereocenters. The number of nitrogens with two attached hydrogens (primary N) is 1. The van der Waals surface area contributed by atoms with Crippen LogP contribution in [0.25, 0.3) is 16.6 Å². The molecule has 0 atom stereocenters. The monoisotopic (exact) mass is 414 g/mol. The average Bonchev–Trinajstić information content (AvgIpc) is 3.07. The zero-order chi connectivity index (χ0) is 18.3. The number of imidazole rings is 1. The largest absolute Gasteiger partial charge is 0.369 e. The number of aromatic nitrogens is 4. The standard InChI is InChI=1S/C17H12BrFN6O/c18-13-6-1-3-9(22-13)7-21-16(26)12-8-25-15(23-12)10-4-2-5-11(19)14(10)24-17(25)20/h1-6,8H,7H2,(H2,20,24)(H,21,26). The van der Waals surface area contributed by atoms with E-state index in [0.717, 1.165) is 0 Å². The van der Waals surface area contributed by atoms with Gasteiger partial charge in [-0.25, -0.2) is 19.3 Å². The number of rotatable bonds is 3. The van der Waals surface area contributed by atoms with Crippen molar-refractivity contribution in [3.05, 3.63) is 64.4 Å². The van der Waals surface area contributed by atoms with E-state index in [-0.39, 0.29) is 29.6 Å². The van der Waals surface area contributed by atoms with Gasteiger partial charge in [-0.3, -0.25) is 9.20 Å². The van der Waals surface area contributed by atoms with Crippen LogP contribution in [-0.2, 0) is 6.54 Å². The number of fused-ring (bicyclic) bond motifs is 3. The van der Waals surface area contributed by atoms with E-state index in [1.807, 2.05) is 6.07 Å². The van der Waals surface area contributed by atoms with Crippen molar-refractivity contribution in [2.45, 2.75) is 6.54 Å². The summed E-state index contributed by atoms with van der Waals surface area (Å²) in [6.07, 6.45) is 1.48. The third-order valence-electron chi connectivity index (χ3n) is 3.84. The van der Waals surface area contributed by atoms with Gasteiger partial charge in [-0.05, 0) is 40.2 Å². The van der Waals surface area contributed by atoms with E-state index < -0.39 is 5.82 Å². The number of pyridine rings is 1. The molecule has 4 rings (SSSR count). The molecular weight excluding hydrogens is 403 g/mol. The summed E-state index contributed by atoms with van der Waals surface area (Å²) in [4.78, 5) is 25.0. The lowest BCUT2D eigenvalue weighted by Crippen LogP contribution is -2.23. The predicted octanol–water partition coefficient (Wildman–Crippen LogP) is 2.69. The van der Waals surface area contributed by atoms with E-state index in [9.17, 15) is 9.18 Å². The Morgan fingerprint density at radius 1 is 1.19 bits per heavy atom. The zero-order valence-corrected chi connectivity index (χ0v) is 14.9. The first kappa shape index (κ1) is 16.4. The number of para-hydroxylation sites is 1. The lowest BCUT2D eigenvalue weighted by Gasteiger charge is -2.03. The number of hydrogen-bond donors (Lipinski definition) is 2. The molecule has 26 heavy (non-hydrogen) atoms. The molecule has 0 aliphatic rings. The first-order valence-electron chi connectivity index (χ1n) is 7.65. The Labute approximate surface area is 155 Å². The molecular formula is C17H12BrFN6O. The molecule has 4 aromatic rings. The van der Waals surface area contributed by atoms with Crippen molar-refractivity contribution in [3.8, 4) is 0 Å². The maximum atomic E-state index is 14.0. The van der Waals surface area contributed by atoms with Crippen LogP contribution in [-0.4, -0.2) is 25.3 Å². The summed E-state index contributed by atoms with van der Waals surface area (Å²) in [5.74, 6) is -0.830. The topological polar surface area (TPSA) is 98.2 Å². The Hall–Kier alpha value is -3.07. The molecule has 1 amide bonds. The summed E-state index contributed by atoms with van der Waals surface area (Å²) < 4.78 is 16.1. The highest BCUT2D eigenvalue weighted by Crippen LogP contribution is 2.23. The third kappa shape index (κ3) is 2.86. The van der Waals surface area contributed by atoms with Gasteiger partial charge in [0.05, 0.1) is 12.2 Å². The predicted molar refractivity (Wildman–Crippen MR) is 98.0 cm³/mol. The van der Waals surface area contributed by atoms with E-state index >= 15 is 0 Å².